The molecule has 2 aliphatic heterocycles. The predicted molar refractivity (Wildman–Crippen MR) is 121 cm³/mol. The molecular formula is C24H28N6O. The Hall–Kier alpha value is -3.06. The number of hydrogen-bond acceptors (Lipinski definition) is 6. The summed E-state index contributed by atoms with van der Waals surface area (Å²) in [6, 6.07) is 9.74. The Labute approximate surface area is 182 Å². The fourth-order valence-corrected chi connectivity index (χ4v) is 4.81. The maximum atomic E-state index is 13.7. The van der Waals surface area contributed by atoms with Crippen molar-refractivity contribution in [1.29, 1.82) is 0 Å². The van der Waals surface area contributed by atoms with Gasteiger partial charge in [0.15, 0.2) is 5.82 Å². The highest BCUT2D eigenvalue weighted by atomic mass is 16.2. The van der Waals surface area contributed by atoms with Gasteiger partial charge in [0.25, 0.3) is 5.91 Å². The van der Waals surface area contributed by atoms with Crippen LogP contribution in [-0.2, 0) is 13.0 Å². The monoisotopic (exact) mass is 416 g/mol. The van der Waals surface area contributed by atoms with E-state index in [0.29, 0.717) is 12.2 Å². The van der Waals surface area contributed by atoms with E-state index in [2.05, 4.69) is 22.2 Å². The first-order chi connectivity index (χ1) is 15.2. The average molecular weight is 417 g/mol. The molecule has 2 aliphatic rings. The van der Waals surface area contributed by atoms with Gasteiger partial charge in [-0.05, 0) is 44.2 Å². The molecule has 31 heavy (non-hydrogen) atoms. The number of anilines is 1. The standard InChI is InChI=1S/C24H28N6O/c1-25-22-18-11-14-29(2)15-19(18)27-23(28-22)20-9-5-6-13-30(20)24(31)21-17-8-4-3-7-16(17)10-12-26-21/h3-4,7-8,10,12,20H,5-6,9,11,13-15H2,1-2H3,(H,25,27,28). The molecule has 1 amide bonds. The number of nitrogens with zero attached hydrogens (tertiary/aromatic N) is 5. The molecule has 0 bridgehead atoms. The Bertz CT molecular complexity index is 1130. The van der Waals surface area contributed by atoms with Gasteiger partial charge in [-0.25, -0.2) is 9.97 Å². The second kappa shape index (κ2) is 8.23. The van der Waals surface area contributed by atoms with Gasteiger partial charge in [0.2, 0.25) is 0 Å². The van der Waals surface area contributed by atoms with Gasteiger partial charge in [-0.3, -0.25) is 9.78 Å². The zero-order valence-corrected chi connectivity index (χ0v) is 18.1. The Morgan fingerprint density at radius 3 is 2.87 bits per heavy atom. The second-order valence-electron chi connectivity index (χ2n) is 8.48. The van der Waals surface area contributed by atoms with Crippen LogP contribution < -0.4 is 5.32 Å². The van der Waals surface area contributed by atoms with E-state index in [4.69, 9.17) is 9.97 Å². The minimum atomic E-state index is -0.133. The van der Waals surface area contributed by atoms with E-state index < -0.39 is 0 Å². The molecule has 2 aromatic heterocycles. The van der Waals surface area contributed by atoms with Crippen molar-refractivity contribution in [2.24, 2.45) is 0 Å². The number of pyridine rings is 1. The number of rotatable bonds is 3. The number of aromatic nitrogens is 3. The number of carbonyl (C=O) groups excluding carboxylic acids is 1. The minimum Gasteiger partial charge on any atom is -0.373 e. The van der Waals surface area contributed by atoms with Gasteiger partial charge in [0.05, 0.1) is 11.7 Å². The summed E-state index contributed by atoms with van der Waals surface area (Å²) < 4.78 is 0. The molecule has 4 heterocycles. The maximum Gasteiger partial charge on any atom is 0.273 e. The van der Waals surface area contributed by atoms with Crippen LogP contribution in [0.2, 0.25) is 0 Å². The molecular weight excluding hydrogens is 388 g/mol. The molecule has 1 atom stereocenters. The van der Waals surface area contributed by atoms with E-state index in [-0.39, 0.29) is 11.9 Å². The van der Waals surface area contributed by atoms with Gasteiger partial charge >= 0.3 is 0 Å². The van der Waals surface area contributed by atoms with Crippen LogP contribution in [0.4, 0.5) is 5.82 Å². The molecule has 0 radical (unpaired) electrons. The molecule has 1 N–H and O–H groups in total. The van der Waals surface area contributed by atoms with Crippen molar-refractivity contribution in [3.8, 4) is 0 Å². The van der Waals surface area contributed by atoms with Crippen LogP contribution in [0.1, 0.15) is 52.9 Å². The maximum absolute atomic E-state index is 13.7. The van der Waals surface area contributed by atoms with Crippen LogP contribution in [0, 0.1) is 0 Å². The SMILES string of the molecule is CNc1nc(C2CCCCN2C(=O)c2nccc3ccccc23)nc2c1CCN(C)C2. The first-order valence-corrected chi connectivity index (χ1v) is 11.1. The number of likely N-dealkylation sites (tertiary alicyclic amines) is 1. The van der Waals surface area contributed by atoms with Crippen molar-refractivity contribution >= 4 is 22.5 Å². The third-order valence-corrected chi connectivity index (χ3v) is 6.45. The fraction of sp³-hybridized carbons (Fsp3) is 0.417. The number of piperidine rings is 1. The molecule has 0 spiro atoms. The number of hydrogen-bond donors (Lipinski definition) is 1. The summed E-state index contributed by atoms with van der Waals surface area (Å²) in [7, 11) is 4.03. The summed E-state index contributed by atoms with van der Waals surface area (Å²) in [6.07, 6.45) is 5.58. The average Bonchev–Trinajstić information content (AvgIpc) is 2.82. The summed E-state index contributed by atoms with van der Waals surface area (Å²) in [5.41, 5.74) is 2.79. The van der Waals surface area contributed by atoms with Crippen molar-refractivity contribution in [2.45, 2.75) is 38.3 Å². The molecule has 1 aromatic carbocycles. The zero-order chi connectivity index (χ0) is 21.4. The number of nitrogens with one attached hydrogen (secondary N) is 1. The van der Waals surface area contributed by atoms with Gasteiger partial charge in [-0.1, -0.05) is 24.3 Å². The van der Waals surface area contributed by atoms with Gasteiger partial charge in [-0.15, -0.1) is 0 Å². The zero-order valence-electron chi connectivity index (χ0n) is 18.1. The van der Waals surface area contributed by atoms with Crippen molar-refractivity contribution in [3.63, 3.8) is 0 Å². The van der Waals surface area contributed by atoms with Crippen LogP contribution in [0.3, 0.4) is 0 Å². The van der Waals surface area contributed by atoms with Crippen molar-refractivity contribution < 1.29 is 4.79 Å². The van der Waals surface area contributed by atoms with Crippen LogP contribution in [0.25, 0.3) is 10.8 Å². The van der Waals surface area contributed by atoms with Gasteiger partial charge in [0.1, 0.15) is 11.5 Å². The van der Waals surface area contributed by atoms with E-state index in [1.165, 1.54) is 5.56 Å². The van der Waals surface area contributed by atoms with Gasteiger partial charge in [0, 0.05) is 43.8 Å². The molecule has 160 valence electrons. The van der Waals surface area contributed by atoms with Crippen molar-refractivity contribution in [1.82, 2.24) is 24.8 Å². The number of fused-ring (bicyclic) bond motifs is 2. The normalized spacial score (nSPS) is 19.3. The number of benzene rings is 1. The summed E-state index contributed by atoms with van der Waals surface area (Å²) in [5, 5.41) is 5.18. The first kappa shape index (κ1) is 19.9. The highest BCUT2D eigenvalue weighted by Gasteiger charge is 2.33. The largest absolute Gasteiger partial charge is 0.373 e. The Morgan fingerprint density at radius 2 is 2.00 bits per heavy atom. The highest BCUT2D eigenvalue weighted by molar-refractivity contribution is 6.05. The quantitative estimate of drug-likeness (QED) is 0.705. The lowest BCUT2D eigenvalue weighted by Gasteiger charge is -2.35. The van der Waals surface area contributed by atoms with E-state index in [9.17, 15) is 4.79 Å². The van der Waals surface area contributed by atoms with Crippen LogP contribution in [-0.4, -0.2) is 57.8 Å². The lowest BCUT2D eigenvalue weighted by Crippen LogP contribution is -2.40. The smallest absolute Gasteiger partial charge is 0.273 e. The Morgan fingerprint density at radius 1 is 1.13 bits per heavy atom. The minimum absolute atomic E-state index is 0.0362. The summed E-state index contributed by atoms with van der Waals surface area (Å²) in [5.74, 6) is 1.60. The summed E-state index contributed by atoms with van der Waals surface area (Å²) in [6.45, 7) is 2.51. The third kappa shape index (κ3) is 3.63. The molecule has 0 aliphatic carbocycles. The number of likely N-dealkylation sites (N-methyl/N-ethyl adjacent to an activating group) is 1. The van der Waals surface area contributed by atoms with Crippen LogP contribution >= 0.6 is 0 Å². The Kier molecular flexibility index (Phi) is 5.28. The van der Waals surface area contributed by atoms with Crippen molar-refractivity contribution in [2.75, 3.05) is 32.5 Å². The fourth-order valence-electron chi connectivity index (χ4n) is 4.81. The van der Waals surface area contributed by atoms with E-state index in [1.54, 1.807) is 6.20 Å². The molecule has 7 heteroatoms. The second-order valence-corrected chi connectivity index (χ2v) is 8.48. The number of amides is 1. The van der Waals surface area contributed by atoms with Crippen LogP contribution in [0.5, 0.6) is 0 Å². The summed E-state index contributed by atoms with van der Waals surface area (Å²) in [4.78, 5) is 32.2. The molecule has 1 fully saturated rings. The number of carbonyl (C=O) groups is 1. The topological polar surface area (TPSA) is 74.2 Å². The predicted octanol–water partition coefficient (Wildman–Crippen LogP) is 3.42. The van der Waals surface area contributed by atoms with E-state index in [1.807, 2.05) is 42.3 Å². The molecule has 5 rings (SSSR count). The van der Waals surface area contributed by atoms with Crippen molar-refractivity contribution in [3.05, 3.63) is 59.3 Å². The van der Waals surface area contributed by atoms with E-state index in [0.717, 1.165) is 66.9 Å². The van der Waals surface area contributed by atoms with E-state index >= 15 is 0 Å². The molecule has 0 saturated carbocycles. The molecule has 1 unspecified atom stereocenters. The lowest BCUT2D eigenvalue weighted by atomic mass is 9.98. The lowest BCUT2D eigenvalue weighted by molar-refractivity contribution is 0.0595. The van der Waals surface area contributed by atoms with Gasteiger partial charge < -0.3 is 15.1 Å². The molecule has 7 nitrogen and oxygen atoms in total. The summed E-state index contributed by atoms with van der Waals surface area (Å²) >= 11 is 0. The highest BCUT2D eigenvalue weighted by Crippen LogP contribution is 2.33. The molecule has 1 saturated heterocycles. The van der Waals surface area contributed by atoms with Gasteiger partial charge in [-0.2, -0.15) is 0 Å². The molecule has 3 aromatic rings. The Balaban J connectivity index is 1.54. The third-order valence-electron chi connectivity index (χ3n) is 6.45. The van der Waals surface area contributed by atoms with Crippen LogP contribution in [0.15, 0.2) is 36.5 Å². The first-order valence-electron chi connectivity index (χ1n) is 11.1.